The molecule has 5 nitrogen and oxygen atoms in total. The molecule has 1 aliphatic rings. The van der Waals surface area contributed by atoms with E-state index in [0.29, 0.717) is 11.3 Å². The van der Waals surface area contributed by atoms with Gasteiger partial charge in [0, 0.05) is 5.56 Å². The highest BCUT2D eigenvalue weighted by Gasteiger charge is 2.38. The minimum atomic E-state index is -0.764. The molecule has 2 aromatic carbocycles. The number of ketones is 1. The summed E-state index contributed by atoms with van der Waals surface area (Å²) < 4.78 is 0. The Morgan fingerprint density at radius 2 is 1.70 bits per heavy atom. The molecule has 0 saturated heterocycles. The first-order valence-electron chi connectivity index (χ1n) is 6.89. The number of nitrogens with one attached hydrogen (secondary N) is 1. The van der Waals surface area contributed by atoms with Crippen LogP contribution < -0.4 is 10.2 Å². The maximum absolute atomic E-state index is 12.2. The van der Waals surface area contributed by atoms with Crippen LogP contribution in [-0.2, 0) is 4.79 Å². The zero-order valence-corrected chi connectivity index (χ0v) is 13.0. The molecule has 0 atom stereocenters. The number of nitrogens with zero attached hydrogens (tertiary/aromatic N) is 1. The fourth-order valence-electron chi connectivity index (χ4n) is 2.32. The molecule has 0 spiro atoms. The maximum Gasteiger partial charge on any atom is 0.305 e. The first-order chi connectivity index (χ1) is 11.0. The molecule has 6 heteroatoms. The summed E-state index contributed by atoms with van der Waals surface area (Å²) in [7, 11) is 0. The fourth-order valence-corrected chi connectivity index (χ4v) is 2.59. The van der Waals surface area contributed by atoms with E-state index in [9.17, 15) is 14.4 Å². The third kappa shape index (κ3) is 2.64. The number of carbonyl (C=O) groups is 3. The number of rotatable bonds is 1. The van der Waals surface area contributed by atoms with Gasteiger partial charge >= 0.3 is 5.91 Å². The van der Waals surface area contributed by atoms with Crippen molar-refractivity contribution >= 4 is 40.6 Å². The second-order valence-corrected chi connectivity index (χ2v) is 5.50. The smallest absolute Gasteiger partial charge is 0.298 e. The summed E-state index contributed by atoms with van der Waals surface area (Å²) in [6.07, 6.45) is 0. The maximum atomic E-state index is 12.2. The number of fused-ring (bicyclic) bond motifs is 1. The van der Waals surface area contributed by atoms with Crippen LogP contribution in [0, 0.1) is 6.92 Å². The molecule has 0 saturated carbocycles. The van der Waals surface area contributed by atoms with E-state index < -0.39 is 17.6 Å². The first-order valence-corrected chi connectivity index (χ1v) is 7.29. The van der Waals surface area contributed by atoms with Gasteiger partial charge in [0.2, 0.25) is 0 Å². The minimum Gasteiger partial charge on any atom is -0.298 e. The van der Waals surface area contributed by atoms with Crippen molar-refractivity contribution in [3.63, 3.8) is 0 Å². The van der Waals surface area contributed by atoms with Crippen LogP contribution >= 0.6 is 12.2 Å². The number of Topliss-reactive ketones (excluding diaryl/α,β-unsaturated/α-hetero) is 1. The van der Waals surface area contributed by atoms with Crippen molar-refractivity contribution in [3.05, 3.63) is 65.2 Å². The third-order valence-corrected chi connectivity index (χ3v) is 3.81. The molecule has 0 radical (unpaired) electrons. The predicted molar refractivity (Wildman–Crippen MR) is 89.5 cm³/mol. The molecule has 2 aromatic rings. The molecule has 1 heterocycles. The van der Waals surface area contributed by atoms with E-state index in [0.717, 1.165) is 10.5 Å². The van der Waals surface area contributed by atoms with Gasteiger partial charge in [-0.25, -0.2) is 4.90 Å². The normalized spacial score (nSPS) is 13.0. The zero-order chi connectivity index (χ0) is 16.6. The van der Waals surface area contributed by atoms with Crippen molar-refractivity contribution in [1.29, 1.82) is 0 Å². The van der Waals surface area contributed by atoms with Gasteiger partial charge in [-0.15, -0.1) is 0 Å². The van der Waals surface area contributed by atoms with Gasteiger partial charge in [-0.2, -0.15) is 0 Å². The standard InChI is InChI=1S/C17H12N2O3S/c1-10-6-8-11(9-7-10)15(21)18-17(23)19-13-5-3-2-4-12(13)14(20)16(19)22/h2-9H,1H3,(H,18,21,23). The Balaban J connectivity index is 1.84. The summed E-state index contributed by atoms with van der Waals surface area (Å²) in [6.45, 7) is 1.91. The largest absolute Gasteiger partial charge is 0.305 e. The molecule has 23 heavy (non-hydrogen) atoms. The Kier molecular flexibility index (Phi) is 3.75. The second-order valence-electron chi connectivity index (χ2n) is 5.11. The predicted octanol–water partition coefficient (Wildman–Crippen LogP) is 2.24. The van der Waals surface area contributed by atoms with Crippen LogP contribution in [-0.4, -0.2) is 22.7 Å². The van der Waals surface area contributed by atoms with Crippen LogP contribution in [0.3, 0.4) is 0 Å². The SMILES string of the molecule is Cc1ccc(C(=O)NC(=S)N2C(=O)C(=O)c3ccccc32)cc1. The molecular formula is C17H12N2O3S. The molecular weight excluding hydrogens is 312 g/mol. The van der Waals surface area contributed by atoms with Crippen molar-refractivity contribution in [3.8, 4) is 0 Å². The van der Waals surface area contributed by atoms with Crippen molar-refractivity contribution in [2.45, 2.75) is 6.92 Å². The number of para-hydroxylation sites is 1. The zero-order valence-electron chi connectivity index (χ0n) is 12.2. The van der Waals surface area contributed by atoms with Gasteiger partial charge in [-0.1, -0.05) is 29.8 Å². The summed E-state index contributed by atoms with van der Waals surface area (Å²) in [6, 6.07) is 13.5. The highest BCUT2D eigenvalue weighted by molar-refractivity contribution is 7.80. The average molecular weight is 324 g/mol. The number of aryl methyl sites for hydroxylation is 1. The lowest BCUT2D eigenvalue weighted by Crippen LogP contribution is -2.45. The van der Waals surface area contributed by atoms with Crippen LogP contribution in [0.1, 0.15) is 26.3 Å². The van der Waals surface area contributed by atoms with Gasteiger partial charge in [0.25, 0.3) is 11.7 Å². The number of hydrogen-bond donors (Lipinski definition) is 1. The number of benzene rings is 2. The Bertz CT molecular complexity index is 843. The fraction of sp³-hybridized carbons (Fsp3) is 0.0588. The Labute approximate surface area is 137 Å². The van der Waals surface area contributed by atoms with E-state index in [-0.39, 0.29) is 10.7 Å². The van der Waals surface area contributed by atoms with E-state index in [2.05, 4.69) is 5.32 Å². The van der Waals surface area contributed by atoms with E-state index in [1.165, 1.54) is 0 Å². The first kappa shape index (κ1) is 15.1. The molecule has 3 rings (SSSR count). The van der Waals surface area contributed by atoms with Gasteiger partial charge in [-0.3, -0.25) is 19.7 Å². The van der Waals surface area contributed by atoms with Crippen LogP contribution in [0.25, 0.3) is 0 Å². The summed E-state index contributed by atoms with van der Waals surface area (Å²) in [5, 5.41) is 2.38. The van der Waals surface area contributed by atoms with E-state index in [4.69, 9.17) is 12.2 Å². The van der Waals surface area contributed by atoms with Gasteiger partial charge in [0.15, 0.2) is 5.11 Å². The summed E-state index contributed by atoms with van der Waals surface area (Å²) in [4.78, 5) is 37.3. The van der Waals surface area contributed by atoms with Gasteiger partial charge in [0.05, 0.1) is 11.3 Å². The quantitative estimate of drug-likeness (QED) is 0.645. The third-order valence-electron chi connectivity index (χ3n) is 3.52. The number of carbonyl (C=O) groups excluding carboxylic acids is 3. The van der Waals surface area contributed by atoms with E-state index in [1.807, 2.05) is 6.92 Å². The molecule has 114 valence electrons. The average Bonchev–Trinajstić information content (AvgIpc) is 2.80. The van der Waals surface area contributed by atoms with Crippen LogP contribution in [0.15, 0.2) is 48.5 Å². The summed E-state index contributed by atoms with van der Waals surface area (Å²) >= 11 is 5.14. The summed E-state index contributed by atoms with van der Waals surface area (Å²) in [5.74, 6) is -1.83. The van der Waals surface area contributed by atoms with Crippen LogP contribution in [0.2, 0.25) is 0 Å². The van der Waals surface area contributed by atoms with Crippen molar-refractivity contribution in [2.24, 2.45) is 0 Å². The van der Waals surface area contributed by atoms with Crippen LogP contribution in [0.4, 0.5) is 5.69 Å². The monoisotopic (exact) mass is 324 g/mol. The number of amides is 2. The number of thiocarbonyl (C=S) groups is 1. The van der Waals surface area contributed by atoms with Gasteiger partial charge < -0.3 is 0 Å². The van der Waals surface area contributed by atoms with Crippen molar-refractivity contribution in [1.82, 2.24) is 5.32 Å². The minimum absolute atomic E-state index is 0.112. The molecule has 0 fully saturated rings. The number of hydrogen-bond acceptors (Lipinski definition) is 4. The number of anilines is 1. The highest BCUT2D eigenvalue weighted by Crippen LogP contribution is 2.28. The molecule has 1 aliphatic heterocycles. The Morgan fingerprint density at radius 3 is 2.39 bits per heavy atom. The lowest BCUT2D eigenvalue weighted by molar-refractivity contribution is -0.113. The lowest BCUT2D eigenvalue weighted by Gasteiger charge is -2.17. The molecule has 2 amide bonds. The van der Waals surface area contributed by atoms with Gasteiger partial charge in [-0.05, 0) is 43.4 Å². The molecule has 0 bridgehead atoms. The van der Waals surface area contributed by atoms with E-state index in [1.54, 1.807) is 48.5 Å². The van der Waals surface area contributed by atoms with Gasteiger partial charge in [0.1, 0.15) is 0 Å². The molecule has 0 aliphatic carbocycles. The van der Waals surface area contributed by atoms with Crippen molar-refractivity contribution < 1.29 is 14.4 Å². The van der Waals surface area contributed by atoms with E-state index >= 15 is 0 Å². The summed E-state index contributed by atoms with van der Waals surface area (Å²) in [5.41, 5.74) is 2.11. The van der Waals surface area contributed by atoms with Crippen LogP contribution in [0.5, 0.6) is 0 Å². The topological polar surface area (TPSA) is 66.5 Å². The van der Waals surface area contributed by atoms with Crippen molar-refractivity contribution in [2.75, 3.05) is 4.90 Å². The Morgan fingerprint density at radius 1 is 1.04 bits per heavy atom. The highest BCUT2D eigenvalue weighted by atomic mass is 32.1. The molecule has 0 unspecified atom stereocenters. The molecule has 1 N–H and O–H groups in total. The second kappa shape index (κ2) is 5.73. The molecule has 0 aromatic heterocycles. The lowest BCUT2D eigenvalue weighted by atomic mass is 10.1. The Hall–Kier alpha value is -2.86.